The monoisotopic (exact) mass is 685 g/mol. The molecule has 13 rings (SSSR count). The van der Waals surface area contributed by atoms with Crippen LogP contribution in [-0.4, -0.2) is 0 Å². The largest absolute Gasteiger partial charge is 0.310 e. The van der Waals surface area contributed by atoms with Crippen LogP contribution in [0.4, 0.5) is 17.1 Å². The lowest BCUT2D eigenvalue weighted by Crippen LogP contribution is -2.55. The fraction of sp³-hybridized carbons (Fsp3) is 0.200. The Kier molecular flexibility index (Phi) is 6.17. The Bertz CT molecular complexity index is 2680. The Morgan fingerprint density at radius 2 is 1.12 bits per heavy atom. The first kappa shape index (κ1) is 29.4. The van der Waals surface area contributed by atoms with Crippen molar-refractivity contribution >= 4 is 59.3 Å². The maximum atomic E-state index is 2.57. The molecular weight excluding hydrogens is 647 g/mol. The molecule has 1 aromatic heterocycles. The van der Waals surface area contributed by atoms with Crippen LogP contribution in [0.1, 0.15) is 43.2 Å². The van der Waals surface area contributed by atoms with E-state index in [0.717, 1.165) is 23.7 Å². The Morgan fingerprint density at radius 1 is 0.481 bits per heavy atom. The van der Waals surface area contributed by atoms with E-state index in [1.165, 1.54) is 102 Å². The first-order valence-corrected chi connectivity index (χ1v) is 20.1. The number of nitrogens with zero attached hydrogens (tertiary/aromatic N) is 1. The van der Waals surface area contributed by atoms with Gasteiger partial charge in [-0.15, -0.1) is 11.3 Å². The van der Waals surface area contributed by atoms with Gasteiger partial charge in [-0.2, -0.15) is 0 Å². The maximum absolute atomic E-state index is 2.57. The molecule has 4 fully saturated rings. The molecule has 0 N–H and O–H groups in total. The standard InChI is InChI=1S/C50H39NS/c1-2-11-39-33(9-1)10-7-14-40(39)34-19-21-37(22-20-34)51(38-23-24-42-41-12-4-6-18-47(41)52-48(42)30-38)46-17-8-16-45-49(46)43-13-3-5-15-44(43)50(45)35-26-31-25-32(28-35)29-36(50)27-31/h1-24,30-32,35-36H,25-29H2. The minimum Gasteiger partial charge on any atom is -0.310 e. The second-order valence-corrected chi connectivity index (χ2v) is 17.2. The second-order valence-electron chi connectivity index (χ2n) is 16.1. The van der Waals surface area contributed by atoms with Gasteiger partial charge in [-0.1, -0.05) is 115 Å². The second kappa shape index (κ2) is 10.9. The van der Waals surface area contributed by atoms with Crippen molar-refractivity contribution in [1.29, 1.82) is 0 Å². The quantitative estimate of drug-likeness (QED) is 0.178. The summed E-state index contributed by atoms with van der Waals surface area (Å²) in [6, 6.07) is 57.6. The molecule has 1 spiro atoms. The molecule has 4 saturated carbocycles. The van der Waals surface area contributed by atoms with Gasteiger partial charge < -0.3 is 4.90 Å². The van der Waals surface area contributed by atoms with Crippen LogP contribution in [0.15, 0.2) is 152 Å². The number of hydrogen-bond acceptors (Lipinski definition) is 2. The van der Waals surface area contributed by atoms with Crippen molar-refractivity contribution < 1.29 is 0 Å². The van der Waals surface area contributed by atoms with E-state index in [1.807, 2.05) is 11.3 Å². The predicted molar refractivity (Wildman–Crippen MR) is 220 cm³/mol. The number of anilines is 3. The molecule has 1 heterocycles. The van der Waals surface area contributed by atoms with Crippen molar-refractivity contribution in [3.05, 3.63) is 163 Å². The highest BCUT2D eigenvalue weighted by Gasteiger charge is 2.61. The van der Waals surface area contributed by atoms with Crippen molar-refractivity contribution in [3.8, 4) is 22.3 Å². The highest BCUT2D eigenvalue weighted by molar-refractivity contribution is 7.25. The van der Waals surface area contributed by atoms with Crippen LogP contribution in [0.3, 0.4) is 0 Å². The molecule has 7 aromatic carbocycles. The molecule has 0 amide bonds. The van der Waals surface area contributed by atoms with Gasteiger partial charge in [-0.3, -0.25) is 0 Å². The Morgan fingerprint density at radius 3 is 1.96 bits per heavy atom. The summed E-state index contributed by atoms with van der Waals surface area (Å²) < 4.78 is 2.68. The lowest BCUT2D eigenvalue weighted by molar-refractivity contribution is -0.0399. The number of benzene rings is 7. The minimum absolute atomic E-state index is 0.134. The van der Waals surface area contributed by atoms with E-state index in [-0.39, 0.29) is 5.41 Å². The van der Waals surface area contributed by atoms with Crippen molar-refractivity contribution in [2.75, 3.05) is 4.90 Å². The molecule has 52 heavy (non-hydrogen) atoms. The summed E-state index contributed by atoms with van der Waals surface area (Å²) in [6.07, 6.45) is 7.06. The summed E-state index contributed by atoms with van der Waals surface area (Å²) >= 11 is 1.90. The molecular formula is C50H39NS. The maximum Gasteiger partial charge on any atom is 0.0543 e. The third kappa shape index (κ3) is 3.99. The van der Waals surface area contributed by atoms with Gasteiger partial charge >= 0.3 is 0 Å². The zero-order valence-corrected chi connectivity index (χ0v) is 30.0. The molecule has 0 atom stereocenters. The molecule has 0 saturated heterocycles. The van der Waals surface area contributed by atoms with E-state index in [2.05, 4.69) is 157 Å². The highest BCUT2D eigenvalue weighted by Crippen LogP contribution is 2.70. The van der Waals surface area contributed by atoms with Gasteiger partial charge in [-0.25, -0.2) is 0 Å². The molecule has 250 valence electrons. The summed E-state index contributed by atoms with van der Waals surface area (Å²) in [7, 11) is 0. The van der Waals surface area contributed by atoms with Crippen molar-refractivity contribution in [2.45, 2.75) is 37.5 Å². The van der Waals surface area contributed by atoms with Crippen LogP contribution in [0.25, 0.3) is 53.2 Å². The van der Waals surface area contributed by atoms with Gasteiger partial charge in [0.05, 0.1) is 5.69 Å². The number of hydrogen-bond donors (Lipinski definition) is 0. The fourth-order valence-electron chi connectivity index (χ4n) is 11.9. The van der Waals surface area contributed by atoms with E-state index in [1.54, 1.807) is 11.1 Å². The summed E-state index contributed by atoms with van der Waals surface area (Å²) in [4.78, 5) is 2.57. The molecule has 1 nitrogen and oxygen atoms in total. The van der Waals surface area contributed by atoms with E-state index >= 15 is 0 Å². The fourth-order valence-corrected chi connectivity index (χ4v) is 13.1. The summed E-state index contributed by atoms with van der Waals surface area (Å²) in [6.45, 7) is 0. The van der Waals surface area contributed by atoms with Crippen molar-refractivity contribution in [1.82, 2.24) is 0 Å². The van der Waals surface area contributed by atoms with E-state index in [9.17, 15) is 0 Å². The zero-order valence-electron chi connectivity index (χ0n) is 29.1. The summed E-state index contributed by atoms with van der Waals surface area (Å²) in [5.74, 6) is 3.34. The van der Waals surface area contributed by atoms with Crippen LogP contribution in [0.5, 0.6) is 0 Å². The SMILES string of the molecule is c1ccc2c(c1)-c1c(N(c3ccc(-c4cccc5ccccc45)cc3)c3ccc4c(c3)sc3ccccc34)cccc1C21C2CC3CC(C2)CC1C3. The van der Waals surface area contributed by atoms with Crippen LogP contribution >= 0.6 is 11.3 Å². The van der Waals surface area contributed by atoms with E-state index in [4.69, 9.17) is 0 Å². The predicted octanol–water partition coefficient (Wildman–Crippen LogP) is 14.1. The third-order valence-electron chi connectivity index (χ3n) is 13.6. The van der Waals surface area contributed by atoms with E-state index in [0.29, 0.717) is 0 Å². The minimum atomic E-state index is 0.134. The van der Waals surface area contributed by atoms with Crippen LogP contribution in [0, 0.1) is 23.7 Å². The number of thiophene rings is 1. The molecule has 8 aromatic rings. The smallest absolute Gasteiger partial charge is 0.0543 e. The van der Waals surface area contributed by atoms with Gasteiger partial charge in [0.25, 0.3) is 0 Å². The van der Waals surface area contributed by atoms with Crippen molar-refractivity contribution in [2.24, 2.45) is 23.7 Å². The zero-order chi connectivity index (χ0) is 34.0. The summed E-state index contributed by atoms with van der Waals surface area (Å²) in [5, 5.41) is 5.26. The van der Waals surface area contributed by atoms with Crippen LogP contribution in [0.2, 0.25) is 0 Å². The van der Waals surface area contributed by atoms with Gasteiger partial charge in [-0.05, 0) is 131 Å². The average Bonchev–Trinajstić information content (AvgIpc) is 3.71. The van der Waals surface area contributed by atoms with Crippen LogP contribution in [-0.2, 0) is 5.41 Å². The molecule has 4 bridgehead atoms. The highest BCUT2D eigenvalue weighted by atomic mass is 32.1. The molecule has 5 aliphatic carbocycles. The lowest BCUT2D eigenvalue weighted by Gasteiger charge is -2.61. The Hall–Kier alpha value is -5.18. The Labute approximate surface area is 309 Å². The molecule has 0 aliphatic heterocycles. The third-order valence-corrected chi connectivity index (χ3v) is 14.8. The average molecular weight is 686 g/mol. The van der Waals surface area contributed by atoms with Gasteiger partial charge in [0.1, 0.15) is 0 Å². The number of rotatable bonds is 4. The van der Waals surface area contributed by atoms with Gasteiger partial charge in [0.2, 0.25) is 0 Å². The Balaban J connectivity index is 1.08. The first-order chi connectivity index (χ1) is 25.7. The van der Waals surface area contributed by atoms with Gasteiger partial charge in [0.15, 0.2) is 0 Å². The molecule has 0 radical (unpaired) electrons. The molecule has 0 unspecified atom stereocenters. The van der Waals surface area contributed by atoms with E-state index < -0.39 is 0 Å². The lowest BCUT2D eigenvalue weighted by atomic mass is 9.43. The normalized spacial score (nSPS) is 23.8. The van der Waals surface area contributed by atoms with Crippen LogP contribution < -0.4 is 4.90 Å². The molecule has 5 aliphatic rings. The first-order valence-electron chi connectivity index (χ1n) is 19.3. The van der Waals surface area contributed by atoms with Crippen molar-refractivity contribution in [3.63, 3.8) is 0 Å². The topological polar surface area (TPSA) is 3.24 Å². The number of fused-ring (bicyclic) bond motifs is 7. The van der Waals surface area contributed by atoms with Gasteiger partial charge in [0, 0.05) is 42.5 Å². The molecule has 2 heteroatoms. The summed E-state index contributed by atoms with van der Waals surface area (Å²) in [5.41, 5.74) is 12.5.